The first kappa shape index (κ1) is 11.4. The van der Waals surface area contributed by atoms with E-state index in [1.807, 2.05) is 6.07 Å². The molecule has 1 aliphatic carbocycles. The minimum absolute atomic E-state index is 0.217. The molecule has 0 amide bonds. The van der Waals surface area contributed by atoms with Gasteiger partial charge in [-0.25, -0.2) is 8.78 Å². The van der Waals surface area contributed by atoms with Crippen molar-refractivity contribution in [2.24, 2.45) is 0 Å². The SMILES string of the molecule is Fc1ccc(-c2ccc(C3CCC3)cc2F)cc1. The van der Waals surface area contributed by atoms with Gasteiger partial charge in [0, 0.05) is 5.56 Å². The Morgan fingerprint density at radius 2 is 1.61 bits per heavy atom. The van der Waals surface area contributed by atoms with Gasteiger partial charge in [0.05, 0.1) is 0 Å². The smallest absolute Gasteiger partial charge is 0.131 e. The lowest BCUT2D eigenvalue weighted by Crippen LogP contribution is -2.08. The quantitative estimate of drug-likeness (QED) is 0.704. The molecule has 2 aromatic carbocycles. The zero-order chi connectivity index (χ0) is 12.5. The summed E-state index contributed by atoms with van der Waals surface area (Å²) in [7, 11) is 0. The van der Waals surface area contributed by atoms with E-state index >= 15 is 0 Å². The molecule has 1 fully saturated rings. The molecular weight excluding hydrogens is 230 g/mol. The molecule has 3 rings (SSSR count). The second-order valence-corrected chi connectivity index (χ2v) is 4.87. The van der Waals surface area contributed by atoms with Gasteiger partial charge in [0.2, 0.25) is 0 Å². The lowest BCUT2D eigenvalue weighted by molar-refractivity contribution is 0.418. The molecule has 2 aromatic rings. The van der Waals surface area contributed by atoms with Gasteiger partial charge in [0.25, 0.3) is 0 Å². The normalized spacial score (nSPS) is 15.4. The van der Waals surface area contributed by atoms with Crippen molar-refractivity contribution in [1.29, 1.82) is 0 Å². The van der Waals surface area contributed by atoms with Crippen LogP contribution in [0.4, 0.5) is 8.78 Å². The van der Waals surface area contributed by atoms with Gasteiger partial charge in [0.1, 0.15) is 11.6 Å². The van der Waals surface area contributed by atoms with Crippen LogP contribution in [0.5, 0.6) is 0 Å². The second-order valence-electron chi connectivity index (χ2n) is 4.87. The van der Waals surface area contributed by atoms with Crippen LogP contribution in [0.15, 0.2) is 42.5 Å². The molecule has 0 bridgehead atoms. The molecule has 0 radical (unpaired) electrons. The van der Waals surface area contributed by atoms with E-state index in [9.17, 15) is 8.78 Å². The van der Waals surface area contributed by atoms with Crippen molar-refractivity contribution in [2.45, 2.75) is 25.2 Å². The van der Waals surface area contributed by atoms with E-state index in [-0.39, 0.29) is 11.6 Å². The summed E-state index contributed by atoms with van der Waals surface area (Å²) < 4.78 is 26.9. The predicted octanol–water partition coefficient (Wildman–Crippen LogP) is 4.90. The van der Waals surface area contributed by atoms with E-state index in [0.29, 0.717) is 17.0 Å². The standard InChI is InChI=1S/C16H14F2/c17-14-7-4-12(5-8-14)15-9-6-13(10-16(15)18)11-2-1-3-11/h4-11H,1-3H2. The molecule has 18 heavy (non-hydrogen) atoms. The third kappa shape index (κ3) is 2.03. The molecule has 0 atom stereocenters. The Labute approximate surface area is 105 Å². The van der Waals surface area contributed by atoms with E-state index in [1.54, 1.807) is 24.3 Å². The molecular formula is C16H14F2. The highest BCUT2D eigenvalue weighted by Gasteiger charge is 2.20. The molecule has 0 saturated heterocycles. The summed E-state index contributed by atoms with van der Waals surface area (Å²) in [6.45, 7) is 0. The molecule has 0 unspecified atom stereocenters. The fourth-order valence-corrected chi connectivity index (χ4v) is 2.39. The molecule has 0 heterocycles. The topological polar surface area (TPSA) is 0 Å². The van der Waals surface area contributed by atoms with E-state index in [2.05, 4.69) is 0 Å². The summed E-state index contributed by atoms with van der Waals surface area (Å²) in [4.78, 5) is 0. The zero-order valence-corrected chi connectivity index (χ0v) is 10.00. The molecule has 2 heteroatoms. The zero-order valence-electron chi connectivity index (χ0n) is 10.00. The fourth-order valence-electron chi connectivity index (χ4n) is 2.39. The third-order valence-electron chi connectivity index (χ3n) is 3.72. The highest BCUT2D eigenvalue weighted by atomic mass is 19.1. The van der Waals surface area contributed by atoms with Gasteiger partial charge in [-0.15, -0.1) is 0 Å². The van der Waals surface area contributed by atoms with Gasteiger partial charge in [0.15, 0.2) is 0 Å². The van der Waals surface area contributed by atoms with Crippen LogP contribution >= 0.6 is 0 Å². The number of benzene rings is 2. The average Bonchev–Trinajstić information content (AvgIpc) is 2.29. The predicted molar refractivity (Wildman–Crippen MR) is 68.4 cm³/mol. The van der Waals surface area contributed by atoms with Crippen molar-refractivity contribution in [3.63, 3.8) is 0 Å². The van der Waals surface area contributed by atoms with Crippen molar-refractivity contribution < 1.29 is 8.78 Å². The Kier molecular flexibility index (Phi) is 2.86. The summed E-state index contributed by atoms with van der Waals surface area (Å²) in [5.74, 6) is 0.0121. The van der Waals surface area contributed by atoms with Gasteiger partial charge >= 0.3 is 0 Å². The number of hydrogen-bond donors (Lipinski definition) is 0. The van der Waals surface area contributed by atoms with Crippen LogP contribution in [0.2, 0.25) is 0 Å². The van der Waals surface area contributed by atoms with Gasteiger partial charge in [-0.1, -0.05) is 30.7 Å². The average molecular weight is 244 g/mol. The van der Waals surface area contributed by atoms with Crippen LogP contribution in [0.1, 0.15) is 30.7 Å². The summed E-state index contributed by atoms with van der Waals surface area (Å²) >= 11 is 0. The highest BCUT2D eigenvalue weighted by Crippen LogP contribution is 2.37. The van der Waals surface area contributed by atoms with E-state index in [0.717, 1.165) is 18.4 Å². The van der Waals surface area contributed by atoms with E-state index < -0.39 is 0 Å². The molecule has 0 spiro atoms. The fraction of sp³-hybridized carbons (Fsp3) is 0.250. The highest BCUT2D eigenvalue weighted by molar-refractivity contribution is 5.64. The molecule has 0 aliphatic heterocycles. The summed E-state index contributed by atoms with van der Waals surface area (Å²) in [5.41, 5.74) is 2.34. The molecule has 0 aromatic heterocycles. The van der Waals surface area contributed by atoms with Crippen molar-refractivity contribution in [1.82, 2.24) is 0 Å². The lowest BCUT2D eigenvalue weighted by Gasteiger charge is -2.26. The largest absolute Gasteiger partial charge is 0.207 e. The van der Waals surface area contributed by atoms with Crippen LogP contribution in [-0.2, 0) is 0 Å². The third-order valence-corrected chi connectivity index (χ3v) is 3.72. The van der Waals surface area contributed by atoms with Crippen molar-refractivity contribution in [3.05, 3.63) is 59.7 Å². The van der Waals surface area contributed by atoms with Crippen molar-refractivity contribution in [2.75, 3.05) is 0 Å². The van der Waals surface area contributed by atoms with Gasteiger partial charge in [-0.2, -0.15) is 0 Å². The molecule has 92 valence electrons. The van der Waals surface area contributed by atoms with Gasteiger partial charge < -0.3 is 0 Å². The number of hydrogen-bond acceptors (Lipinski definition) is 0. The van der Waals surface area contributed by atoms with E-state index in [1.165, 1.54) is 18.6 Å². The number of halogens is 2. The summed E-state index contributed by atoms with van der Waals surface area (Å²) in [5, 5.41) is 0. The van der Waals surface area contributed by atoms with Crippen LogP contribution in [-0.4, -0.2) is 0 Å². The molecule has 1 saturated carbocycles. The Morgan fingerprint density at radius 3 is 2.17 bits per heavy atom. The van der Waals surface area contributed by atoms with Gasteiger partial charge in [-0.3, -0.25) is 0 Å². The Morgan fingerprint density at radius 1 is 0.889 bits per heavy atom. The molecule has 0 N–H and O–H groups in total. The summed E-state index contributed by atoms with van der Waals surface area (Å²) in [6, 6.07) is 11.3. The first-order chi connectivity index (χ1) is 8.74. The van der Waals surface area contributed by atoms with Gasteiger partial charge in [-0.05, 0) is 48.1 Å². The van der Waals surface area contributed by atoms with E-state index in [4.69, 9.17) is 0 Å². The molecule has 1 aliphatic rings. The van der Waals surface area contributed by atoms with Crippen LogP contribution < -0.4 is 0 Å². The minimum Gasteiger partial charge on any atom is -0.207 e. The summed E-state index contributed by atoms with van der Waals surface area (Å²) in [6.07, 6.45) is 3.57. The minimum atomic E-state index is -0.301. The first-order valence-corrected chi connectivity index (χ1v) is 6.29. The molecule has 0 nitrogen and oxygen atoms in total. The second kappa shape index (κ2) is 4.52. The maximum absolute atomic E-state index is 14.1. The van der Waals surface area contributed by atoms with Crippen molar-refractivity contribution >= 4 is 0 Å². The monoisotopic (exact) mass is 244 g/mol. The Bertz CT molecular complexity index is 554. The maximum Gasteiger partial charge on any atom is 0.131 e. The van der Waals surface area contributed by atoms with Crippen LogP contribution in [0, 0.1) is 11.6 Å². The lowest BCUT2D eigenvalue weighted by atomic mass is 9.79. The number of rotatable bonds is 2. The first-order valence-electron chi connectivity index (χ1n) is 6.29. The van der Waals surface area contributed by atoms with Crippen molar-refractivity contribution in [3.8, 4) is 11.1 Å². The Balaban J connectivity index is 1.95. The Hall–Kier alpha value is -1.70. The maximum atomic E-state index is 14.1. The van der Waals surface area contributed by atoms with Crippen LogP contribution in [0.3, 0.4) is 0 Å². The van der Waals surface area contributed by atoms with Crippen LogP contribution in [0.25, 0.3) is 11.1 Å².